The average Bonchev–Trinajstić information content (AvgIpc) is 2.80. The van der Waals surface area contributed by atoms with Crippen molar-refractivity contribution < 1.29 is 9.59 Å². The van der Waals surface area contributed by atoms with E-state index in [1.807, 2.05) is 46.2 Å². The summed E-state index contributed by atoms with van der Waals surface area (Å²) in [6.45, 7) is 3.40. The lowest BCUT2D eigenvalue weighted by molar-refractivity contribution is -0.136. The lowest BCUT2D eigenvalue weighted by atomic mass is 9.87. The fraction of sp³-hybridized carbons (Fsp3) is 0.462. The Balaban J connectivity index is 1.35. The molecule has 0 atom stereocenters. The van der Waals surface area contributed by atoms with Gasteiger partial charge in [0.2, 0.25) is 11.8 Å². The molecular weight excluding hydrogens is 372 g/mol. The van der Waals surface area contributed by atoms with E-state index >= 15 is 0 Å². The van der Waals surface area contributed by atoms with Crippen LogP contribution in [0.15, 0.2) is 60.7 Å². The standard InChI is InChI=1S/C26H32N2O2/c29-25-13-7-8-16-28(25)20-21-14-17-27(18-15-21)26(30)19-24(22-9-3-1-4-10-22)23-11-5-2-6-12-23/h1-6,9-12,21,24H,7-8,13-20H2. The minimum atomic E-state index is 0.0867. The molecule has 4 rings (SSSR count). The SMILES string of the molecule is O=C(CC(c1ccccc1)c1ccccc1)N1CCC(CN2CCCCC2=O)CC1. The highest BCUT2D eigenvalue weighted by atomic mass is 16.2. The molecule has 2 saturated heterocycles. The van der Waals surface area contributed by atoms with E-state index in [2.05, 4.69) is 24.3 Å². The molecule has 2 aromatic rings. The Morgan fingerprint density at radius 2 is 1.47 bits per heavy atom. The van der Waals surface area contributed by atoms with Crippen LogP contribution in [0.25, 0.3) is 0 Å². The number of piperidine rings is 2. The molecular formula is C26H32N2O2. The van der Waals surface area contributed by atoms with Crippen molar-refractivity contribution in [3.63, 3.8) is 0 Å². The van der Waals surface area contributed by atoms with Crippen LogP contribution in [0.4, 0.5) is 0 Å². The molecule has 2 aliphatic heterocycles. The molecule has 4 nitrogen and oxygen atoms in total. The van der Waals surface area contributed by atoms with Gasteiger partial charge in [0.25, 0.3) is 0 Å². The van der Waals surface area contributed by atoms with Crippen LogP contribution in [0.3, 0.4) is 0 Å². The van der Waals surface area contributed by atoms with Gasteiger partial charge in [0.15, 0.2) is 0 Å². The van der Waals surface area contributed by atoms with Gasteiger partial charge in [-0.25, -0.2) is 0 Å². The van der Waals surface area contributed by atoms with Gasteiger partial charge in [-0.15, -0.1) is 0 Å². The van der Waals surface area contributed by atoms with Gasteiger partial charge in [-0.3, -0.25) is 9.59 Å². The molecule has 0 aromatic heterocycles. The predicted molar refractivity (Wildman–Crippen MR) is 119 cm³/mol. The number of carbonyl (C=O) groups is 2. The molecule has 2 fully saturated rings. The van der Waals surface area contributed by atoms with E-state index in [9.17, 15) is 9.59 Å². The van der Waals surface area contributed by atoms with Gasteiger partial charge < -0.3 is 9.80 Å². The van der Waals surface area contributed by atoms with Crippen LogP contribution in [-0.4, -0.2) is 47.8 Å². The number of hydrogen-bond acceptors (Lipinski definition) is 2. The topological polar surface area (TPSA) is 40.6 Å². The zero-order valence-corrected chi connectivity index (χ0v) is 17.7. The molecule has 0 bridgehead atoms. The molecule has 2 aromatic carbocycles. The van der Waals surface area contributed by atoms with Crippen molar-refractivity contribution in [3.8, 4) is 0 Å². The third-order valence-corrected chi connectivity index (χ3v) is 6.65. The number of amides is 2. The first-order chi connectivity index (χ1) is 14.7. The minimum Gasteiger partial charge on any atom is -0.343 e. The smallest absolute Gasteiger partial charge is 0.223 e. The van der Waals surface area contributed by atoms with Crippen LogP contribution in [0.1, 0.15) is 55.6 Å². The van der Waals surface area contributed by atoms with Crippen molar-refractivity contribution in [2.45, 2.75) is 44.4 Å². The summed E-state index contributed by atoms with van der Waals surface area (Å²) in [7, 11) is 0. The van der Waals surface area contributed by atoms with Gasteiger partial charge in [0, 0.05) is 44.9 Å². The Morgan fingerprint density at radius 1 is 0.867 bits per heavy atom. The third-order valence-electron chi connectivity index (χ3n) is 6.65. The summed E-state index contributed by atoms with van der Waals surface area (Å²) >= 11 is 0. The van der Waals surface area contributed by atoms with Crippen LogP contribution < -0.4 is 0 Å². The maximum Gasteiger partial charge on any atom is 0.223 e. The first kappa shape index (κ1) is 20.6. The molecule has 158 valence electrons. The predicted octanol–water partition coefficient (Wildman–Crippen LogP) is 4.46. The molecule has 0 saturated carbocycles. The first-order valence-electron chi connectivity index (χ1n) is 11.4. The molecule has 0 N–H and O–H groups in total. The summed E-state index contributed by atoms with van der Waals surface area (Å²) in [6, 6.07) is 20.7. The van der Waals surface area contributed by atoms with E-state index in [0.717, 1.165) is 51.9 Å². The highest BCUT2D eigenvalue weighted by molar-refractivity contribution is 5.78. The second kappa shape index (κ2) is 9.92. The second-order valence-electron chi connectivity index (χ2n) is 8.70. The Labute approximate surface area is 179 Å². The lowest BCUT2D eigenvalue weighted by Crippen LogP contribution is -2.44. The Hall–Kier alpha value is -2.62. The van der Waals surface area contributed by atoms with Gasteiger partial charge in [0.05, 0.1) is 0 Å². The summed E-state index contributed by atoms with van der Waals surface area (Å²) < 4.78 is 0. The Kier molecular flexibility index (Phi) is 6.83. The van der Waals surface area contributed by atoms with E-state index < -0.39 is 0 Å². The van der Waals surface area contributed by atoms with Crippen molar-refractivity contribution in [1.82, 2.24) is 9.80 Å². The zero-order chi connectivity index (χ0) is 20.8. The maximum absolute atomic E-state index is 13.2. The number of likely N-dealkylation sites (tertiary alicyclic amines) is 2. The fourth-order valence-electron chi connectivity index (χ4n) is 4.83. The molecule has 2 aliphatic rings. The zero-order valence-electron chi connectivity index (χ0n) is 17.7. The first-order valence-corrected chi connectivity index (χ1v) is 11.4. The number of rotatable bonds is 6. The van der Waals surface area contributed by atoms with Crippen molar-refractivity contribution in [3.05, 3.63) is 71.8 Å². The Bertz CT molecular complexity index is 789. The average molecular weight is 405 g/mol. The molecule has 0 radical (unpaired) electrons. The van der Waals surface area contributed by atoms with Crippen LogP contribution in [0.2, 0.25) is 0 Å². The second-order valence-corrected chi connectivity index (χ2v) is 8.70. The van der Waals surface area contributed by atoms with Crippen molar-refractivity contribution in [1.29, 1.82) is 0 Å². The van der Waals surface area contributed by atoms with Gasteiger partial charge in [-0.05, 0) is 42.7 Å². The highest BCUT2D eigenvalue weighted by Gasteiger charge is 2.28. The van der Waals surface area contributed by atoms with Crippen LogP contribution in [0, 0.1) is 5.92 Å². The van der Waals surface area contributed by atoms with Crippen LogP contribution in [-0.2, 0) is 9.59 Å². The summed E-state index contributed by atoms with van der Waals surface area (Å²) in [6.07, 6.45) is 5.37. The monoisotopic (exact) mass is 404 g/mol. The Morgan fingerprint density at radius 3 is 2.03 bits per heavy atom. The van der Waals surface area contributed by atoms with Gasteiger partial charge >= 0.3 is 0 Å². The number of benzene rings is 2. The molecule has 0 spiro atoms. The van der Waals surface area contributed by atoms with E-state index in [4.69, 9.17) is 0 Å². The van der Waals surface area contributed by atoms with Crippen molar-refractivity contribution in [2.24, 2.45) is 5.92 Å². The van der Waals surface area contributed by atoms with E-state index in [1.165, 1.54) is 11.1 Å². The van der Waals surface area contributed by atoms with Gasteiger partial charge in [-0.2, -0.15) is 0 Å². The molecule has 4 heteroatoms. The summed E-state index contributed by atoms with van der Waals surface area (Å²) in [5.74, 6) is 1.16. The third kappa shape index (κ3) is 5.10. The summed E-state index contributed by atoms with van der Waals surface area (Å²) in [5.41, 5.74) is 2.38. The maximum atomic E-state index is 13.2. The molecule has 2 heterocycles. The van der Waals surface area contributed by atoms with E-state index in [1.54, 1.807) is 0 Å². The lowest BCUT2D eigenvalue weighted by Gasteiger charge is -2.36. The van der Waals surface area contributed by atoms with Gasteiger partial charge in [0.1, 0.15) is 0 Å². The van der Waals surface area contributed by atoms with Crippen LogP contribution in [0.5, 0.6) is 0 Å². The normalized spacial score (nSPS) is 18.1. The van der Waals surface area contributed by atoms with E-state index in [-0.39, 0.29) is 11.8 Å². The van der Waals surface area contributed by atoms with Crippen molar-refractivity contribution in [2.75, 3.05) is 26.2 Å². The fourth-order valence-corrected chi connectivity index (χ4v) is 4.83. The molecule has 30 heavy (non-hydrogen) atoms. The molecule has 2 amide bonds. The number of nitrogens with zero attached hydrogens (tertiary/aromatic N) is 2. The van der Waals surface area contributed by atoms with Gasteiger partial charge in [-0.1, -0.05) is 60.7 Å². The molecule has 0 aliphatic carbocycles. The minimum absolute atomic E-state index is 0.0867. The largest absolute Gasteiger partial charge is 0.343 e. The summed E-state index contributed by atoms with van der Waals surface area (Å²) in [4.78, 5) is 29.3. The summed E-state index contributed by atoms with van der Waals surface area (Å²) in [5, 5.41) is 0. The highest BCUT2D eigenvalue weighted by Crippen LogP contribution is 2.30. The van der Waals surface area contributed by atoms with E-state index in [0.29, 0.717) is 24.7 Å². The molecule has 0 unspecified atom stereocenters. The number of carbonyl (C=O) groups excluding carboxylic acids is 2. The number of hydrogen-bond donors (Lipinski definition) is 0. The quantitative estimate of drug-likeness (QED) is 0.713. The van der Waals surface area contributed by atoms with Crippen molar-refractivity contribution >= 4 is 11.8 Å². The van der Waals surface area contributed by atoms with Crippen LogP contribution >= 0.6 is 0 Å².